The molecule has 2 nitrogen and oxygen atoms in total. The maximum atomic E-state index is 2.45. The Bertz CT molecular complexity index is 2400. The fourth-order valence-electron chi connectivity index (χ4n) is 6.87. The maximum absolute atomic E-state index is 2.45. The predicted molar refractivity (Wildman–Crippen MR) is 187 cm³/mol. The molecule has 0 saturated carbocycles. The van der Waals surface area contributed by atoms with Crippen molar-refractivity contribution in [2.75, 3.05) is 4.90 Å². The number of anilines is 3. The average Bonchev–Trinajstić information content (AvgIpc) is 3.62. The van der Waals surface area contributed by atoms with Gasteiger partial charge in [0.2, 0.25) is 0 Å². The minimum Gasteiger partial charge on any atom is -0.311 e. The van der Waals surface area contributed by atoms with E-state index in [4.69, 9.17) is 0 Å². The molecule has 9 rings (SSSR count). The molecule has 0 amide bonds. The van der Waals surface area contributed by atoms with Crippen molar-refractivity contribution in [1.82, 2.24) is 4.40 Å². The van der Waals surface area contributed by atoms with Gasteiger partial charge >= 0.3 is 0 Å². The molecule has 0 radical (unpaired) electrons. The van der Waals surface area contributed by atoms with Crippen molar-refractivity contribution >= 4 is 55.2 Å². The van der Waals surface area contributed by atoms with Gasteiger partial charge in [-0.2, -0.15) is 0 Å². The lowest BCUT2D eigenvalue weighted by molar-refractivity contribution is 1.28. The highest BCUT2D eigenvalue weighted by Crippen LogP contribution is 2.41. The fraction of sp³-hybridized carbons (Fsp3) is 0. The molecule has 0 spiro atoms. The molecule has 0 saturated heterocycles. The summed E-state index contributed by atoms with van der Waals surface area (Å²) >= 11 is 0. The van der Waals surface area contributed by atoms with Crippen molar-refractivity contribution in [2.24, 2.45) is 0 Å². The van der Waals surface area contributed by atoms with Gasteiger partial charge in [0, 0.05) is 38.6 Å². The normalized spacial score (nSPS) is 11.6. The lowest BCUT2D eigenvalue weighted by atomic mass is 10.0. The van der Waals surface area contributed by atoms with E-state index in [1.54, 1.807) is 0 Å². The summed E-state index contributed by atoms with van der Waals surface area (Å²) < 4.78 is 2.45. The van der Waals surface area contributed by atoms with Crippen molar-refractivity contribution in [3.8, 4) is 22.3 Å². The van der Waals surface area contributed by atoms with Crippen LogP contribution in [0.15, 0.2) is 170 Å². The summed E-state index contributed by atoms with van der Waals surface area (Å²) in [6, 6.07) is 61.3. The van der Waals surface area contributed by atoms with Crippen LogP contribution in [0.25, 0.3) is 60.3 Å². The van der Waals surface area contributed by atoms with Crippen LogP contribution in [0, 0.1) is 0 Å². The first-order valence-electron chi connectivity index (χ1n) is 15.1. The van der Waals surface area contributed by atoms with Crippen LogP contribution in [0.5, 0.6) is 0 Å². The molecule has 7 aromatic carbocycles. The summed E-state index contributed by atoms with van der Waals surface area (Å²) in [4.78, 5) is 2.32. The molecule has 0 aliphatic rings. The number of para-hydroxylation sites is 3. The molecule has 2 heteroatoms. The lowest BCUT2D eigenvalue weighted by Crippen LogP contribution is -2.09. The Labute approximate surface area is 256 Å². The zero-order chi connectivity index (χ0) is 29.0. The molecular weight excluding hydrogens is 532 g/mol. The molecule has 9 aromatic rings. The third kappa shape index (κ3) is 3.82. The van der Waals surface area contributed by atoms with E-state index < -0.39 is 0 Å². The van der Waals surface area contributed by atoms with E-state index in [2.05, 4.69) is 179 Å². The van der Waals surface area contributed by atoms with E-state index in [1.165, 1.54) is 60.3 Å². The molecule has 0 aliphatic carbocycles. The minimum atomic E-state index is 1.12. The maximum Gasteiger partial charge on any atom is 0.0620 e. The van der Waals surface area contributed by atoms with Gasteiger partial charge in [0.1, 0.15) is 0 Å². The van der Waals surface area contributed by atoms with Gasteiger partial charge in [0.15, 0.2) is 0 Å². The molecule has 0 atom stereocenters. The van der Waals surface area contributed by atoms with Gasteiger partial charge in [-0.3, -0.25) is 0 Å². The van der Waals surface area contributed by atoms with Crippen LogP contribution in [0.2, 0.25) is 0 Å². The van der Waals surface area contributed by atoms with Gasteiger partial charge in [-0.1, -0.05) is 121 Å². The number of hydrogen-bond donors (Lipinski definition) is 0. The van der Waals surface area contributed by atoms with Crippen LogP contribution >= 0.6 is 0 Å². The lowest BCUT2D eigenvalue weighted by Gasteiger charge is -2.26. The highest BCUT2D eigenvalue weighted by atomic mass is 15.1. The van der Waals surface area contributed by atoms with Gasteiger partial charge in [-0.15, -0.1) is 0 Å². The van der Waals surface area contributed by atoms with Crippen LogP contribution in [0.1, 0.15) is 0 Å². The van der Waals surface area contributed by atoms with E-state index >= 15 is 0 Å². The summed E-state index contributed by atoms with van der Waals surface area (Å²) in [6.45, 7) is 0. The Kier molecular flexibility index (Phi) is 5.54. The standard InChI is InChI=1S/C42H28N2/c1-3-10-29(11-4-1)30-18-23-34(24-19-30)43(33-12-5-2-6-13-33)35-25-20-31(21-26-35)32-22-27-37-39-16-9-15-38-36-14-7-8-17-40(36)44(42(38)39)41(37)28-32/h1-28H. The zero-order valence-corrected chi connectivity index (χ0v) is 24.1. The summed E-state index contributed by atoms with van der Waals surface area (Å²) in [6.07, 6.45) is 0. The van der Waals surface area contributed by atoms with Crippen molar-refractivity contribution in [3.63, 3.8) is 0 Å². The molecule has 2 heterocycles. The van der Waals surface area contributed by atoms with Crippen LogP contribution in [-0.2, 0) is 0 Å². The Morgan fingerprint density at radius 1 is 0.318 bits per heavy atom. The van der Waals surface area contributed by atoms with Crippen LogP contribution < -0.4 is 4.90 Å². The molecular formula is C42H28N2. The van der Waals surface area contributed by atoms with Crippen molar-refractivity contribution < 1.29 is 0 Å². The third-order valence-corrected chi connectivity index (χ3v) is 8.93. The first-order chi connectivity index (χ1) is 21.8. The summed E-state index contributed by atoms with van der Waals surface area (Å²) in [7, 11) is 0. The van der Waals surface area contributed by atoms with Crippen molar-refractivity contribution in [3.05, 3.63) is 170 Å². The largest absolute Gasteiger partial charge is 0.311 e. The number of hydrogen-bond acceptors (Lipinski definition) is 1. The van der Waals surface area contributed by atoms with E-state index in [0.29, 0.717) is 0 Å². The monoisotopic (exact) mass is 560 g/mol. The summed E-state index contributed by atoms with van der Waals surface area (Å²) in [5.41, 5.74) is 12.1. The second kappa shape index (κ2) is 9.86. The van der Waals surface area contributed by atoms with Gasteiger partial charge in [0.05, 0.1) is 16.6 Å². The van der Waals surface area contributed by atoms with Crippen LogP contribution in [-0.4, -0.2) is 4.40 Å². The van der Waals surface area contributed by atoms with Gasteiger partial charge in [-0.05, 0) is 70.8 Å². The van der Waals surface area contributed by atoms with Crippen LogP contribution in [0.4, 0.5) is 17.1 Å². The highest BCUT2D eigenvalue weighted by molar-refractivity contribution is 6.23. The van der Waals surface area contributed by atoms with Gasteiger partial charge in [-0.25, -0.2) is 0 Å². The SMILES string of the molecule is c1ccc(-c2ccc(N(c3ccccc3)c3ccc(-c4ccc5c6cccc7c8ccccc8n(c5c4)c76)cc3)cc2)cc1. The average molecular weight is 561 g/mol. The second-order valence-electron chi connectivity index (χ2n) is 11.4. The van der Waals surface area contributed by atoms with E-state index in [-0.39, 0.29) is 0 Å². The molecule has 0 fully saturated rings. The van der Waals surface area contributed by atoms with E-state index in [0.717, 1.165) is 17.1 Å². The molecule has 44 heavy (non-hydrogen) atoms. The smallest absolute Gasteiger partial charge is 0.0620 e. The molecule has 0 aliphatic heterocycles. The molecule has 206 valence electrons. The van der Waals surface area contributed by atoms with Crippen molar-refractivity contribution in [1.29, 1.82) is 0 Å². The first kappa shape index (κ1) is 24.7. The van der Waals surface area contributed by atoms with Gasteiger partial charge < -0.3 is 9.30 Å². The summed E-state index contributed by atoms with van der Waals surface area (Å²) in [5.74, 6) is 0. The minimum absolute atomic E-state index is 1.12. The number of aromatic nitrogens is 1. The number of benzene rings is 7. The third-order valence-electron chi connectivity index (χ3n) is 8.93. The van der Waals surface area contributed by atoms with Gasteiger partial charge in [0.25, 0.3) is 0 Å². The fourth-order valence-corrected chi connectivity index (χ4v) is 6.87. The second-order valence-corrected chi connectivity index (χ2v) is 11.4. The van der Waals surface area contributed by atoms with Crippen molar-refractivity contribution in [2.45, 2.75) is 0 Å². The quantitative estimate of drug-likeness (QED) is 0.203. The van der Waals surface area contributed by atoms with E-state index in [9.17, 15) is 0 Å². The molecule has 2 aromatic heterocycles. The zero-order valence-electron chi connectivity index (χ0n) is 24.1. The Morgan fingerprint density at radius 2 is 0.795 bits per heavy atom. The molecule has 0 bridgehead atoms. The Hall–Kier alpha value is -5.86. The predicted octanol–water partition coefficient (Wildman–Crippen LogP) is 11.6. The molecule has 0 unspecified atom stereocenters. The molecule has 0 N–H and O–H groups in total. The Balaban J connectivity index is 1.13. The topological polar surface area (TPSA) is 7.65 Å². The first-order valence-corrected chi connectivity index (χ1v) is 15.1. The Morgan fingerprint density at radius 3 is 1.48 bits per heavy atom. The van der Waals surface area contributed by atoms with E-state index in [1.807, 2.05) is 0 Å². The highest BCUT2D eigenvalue weighted by Gasteiger charge is 2.18. The number of nitrogens with zero attached hydrogens (tertiary/aromatic N) is 2. The number of rotatable bonds is 5. The van der Waals surface area contributed by atoms with Crippen LogP contribution in [0.3, 0.4) is 0 Å². The number of fused-ring (bicyclic) bond motifs is 6. The summed E-state index contributed by atoms with van der Waals surface area (Å²) in [5, 5.41) is 5.24.